The summed E-state index contributed by atoms with van der Waals surface area (Å²) in [5, 5.41) is 3.72. The summed E-state index contributed by atoms with van der Waals surface area (Å²) < 4.78 is 0. The number of piperidine rings is 1. The fourth-order valence-corrected chi connectivity index (χ4v) is 4.14. The van der Waals surface area contributed by atoms with E-state index in [-0.39, 0.29) is 0 Å². The molecule has 1 saturated heterocycles. The van der Waals surface area contributed by atoms with Gasteiger partial charge in [-0.1, -0.05) is 38.3 Å². The Bertz CT molecular complexity index is 273. The molecule has 2 nitrogen and oxygen atoms in total. The van der Waals surface area contributed by atoms with Gasteiger partial charge in [0.1, 0.15) is 0 Å². The highest BCUT2D eigenvalue weighted by molar-refractivity contribution is 5.17. The van der Waals surface area contributed by atoms with Crippen molar-refractivity contribution in [1.82, 2.24) is 10.2 Å². The van der Waals surface area contributed by atoms with Gasteiger partial charge in [0.25, 0.3) is 0 Å². The van der Waals surface area contributed by atoms with Crippen LogP contribution < -0.4 is 5.32 Å². The molecule has 0 aromatic heterocycles. The molecule has 0 amide bonds. The van der Waals surface area contributed by atoms with E-state index in [1.54, 1.807) is 0 Å². The molecule has 0 bridgehead atoms. The molecule has 0 aromatic carbocycles. The summed E-state index contributed by atoms with van der Waals surface area (Å²) in [6.07, 6.45) is 9.70. The third-order valence-electron chi connectivity index (χ3n) is 4.89. The number of likely N-dealkylation sites (tertiary alicyclic amines) is 1. The molecule has 2 rings (SSSR count). The maximum absolute atomic E-state index is 4.27. The van der Waals surface area contributed by atoms with Crippen molar-refractivity contribution in [3.63, 3.8) is 0 Å². The summed E-state index contributed by atoms with van der Waals surface area (Å²) in [5.41, 5.74) is 1.70. The predicted octanol–water partition coefficient (Wildman–Crippen LogP) is 3.34. The van der Waals surface area contributed by atoms with Crippen LogP contribution in [0.3, 0.4) is 0 Å². The summed E-state index contributed by atoms with van der Waals surface area (Å²) in [4.78, 5) is 2.80. The lowest BCUT2D eigenvalue weighted by Gasteiger charge is -2.49. The van der Waals surface area contributed by atoms with Crippen LogP contribution in [0.2, 0.25) is 0 Å². The summed E-state index contributed by atoms with van der Waals surface area (Å²) in [5.74, 6) is 0. The minimum Gasteiger partial charge on any atom is -0.309 e. The molecule has 1 N–H and O–H groups in total. The number of nitrogens with zero attached hydrogens (tertiary/aromatic N) is 1. The van der Waals surface area contributed by atoms with Gasteiger partial charge in [0.05, 0.1) is 0 Å². The summed E-state index contributed by atoms with van der Waals surface area (Å²) in [6, 6.07) is 0.489. The molecule has 1 unspecified atom stereocenters. The Morgan fingerprint density at radius 1 is 1.17 bits per heavy atom. The molecule has 1 aliphatic heterocycles. The number of likely N-dealkylation sites (N-methyl/N-ethyl adjacent to an activating group) is 1. The highest BCUT2D eigenvalue weighted by Crippen LogP contribution is 2.41. The monoisotopic (exact) mass is 250 g/mol. The molecular formula is C16H30N2. The standard InChI is InChI=1S/C16H30N2/c1-4-17-15(14(2)3)16(10-6-7-11-16)18-12-8-5-9-13-18/h15,17H,2,4-13H2,1,3H3. The maximum atomic E-state index is 4.27. The van der Waals surface area contributed by atoms with E-state index in [1.807, 2.05) is 0 Å². The van der Waals surface area contributed by atoms with Crippen LogP contribution in [0.1, 0.15) is 58.8 Å². The SMILES string of the molecule is C=C(C)C(NCC)C1(N2CCCCC2)CCCC1. The summed E-state index contributed by atoms with van der Waals surface area (Å²) in [6.45, 7) is 12.3. The highest BCUT2D eigenvalue weighted by atomic mass is 15.2. The fourth-order valence-electron chi connectivity index (χ4n) is 4.14. The van der Waals surface area contributed by atoms with Crippen molar-refractivity contribution in [3.05, 3.63) is 12.2 Å². The van der Waals surface area contributed by atoms with E-state index in [0.29, 0.717) is 11.6 Å². The fraction of sp³-hybridized carbons (Fsp3) is 0.875. The van der Waals surface area contributed by atoms with Gasteiger partial charge in [-0.15, -0.1) is 0 Å². The third-order valence-corrected chi connectivity index (χ3v) is 4.89. The van der Waals surface area contributed by atoms with Gasteiger partial charge < -0.3 is 5.32 Å². The van der Waals surface area contributed by atoms with Gasteiger partial charge >= 0.3 is 0 Å². The Morgan fingerprint density at radius 3 is 2.28 bits per heavy atom. The number of rotatable bonds is 5. The van der Waals surface area contributed by atoms with Gasteiger partial charge in [-0.3, -0.25) is 4.90 Å². The Morgan fingerprint density at radius 2 is 1.78 bits per heavy atom. The van der Waals surface area contributed by atoms with E-state index >= 15 is 0 Å². The van der Waals surface area contributed by atoms with Gasteiger partial charge in [-0.05, 0) is 52.2 Å². The summed E-state index contributed by atoms with van der Waals surface area (Å²) in [7, 11) is 0. The minimum absolute atomic E-state index is 0.377. The molecule has 0 aromatic rings. The van der Waals surface area contributed by atoms with Gasteiger partial charge in [0.15, 0.2) is 0 Å². The number of nitrogens with one attached hydrogen (secondary N) is 1. The lowest BCUT2D eigenvalue weighted by molar-refractivity contribution is 0.0475. The van der Waals surface area contributed by atoms with Crippen LogP contribution in [0.4, 0.5) is 0 Å². The van der Waals surface area contributed by atoms with E-state index in [2.05, 4.69) is 30.6 Å². The lowest BCUT2D eigenvalue weighted by Crippen LogP contribution is -2.61. The number of hydrogen-bond donors (Lipinski definition) is 1. The largest absolute Gasteiger partial charge is 0.309 e. The van der Waals surface area contributed by atoms with Gasteiger partial charge in [-0.2, -0.15) is 0 Å². The Hall–Kier alpha value is -0.340. The molecule has 0 spiro atoms. The van der Waals surface area contributed by atoms with Crippen LogP contribution in [0, 0.1) is 0 Å². The van der Waals surface area contributed by atoms with Crippen molar-refractivity contribution in [3.8, 4) is 0 Å². The first-order valence-corrected chi connectivity index (χ1v) is 7.84. The topological polar surface area (TPSA) is 15.3 Å². The first-order valence-electron chi connectivity index (χ1n) is 7.84. The van der Waals surface area contributed by atoms with E-state index in [4.69, 9.17) is 0 Å². The van der Waals surface area contributed by atoms with E-state index in [9.17, 15) is 0 Å². The Labute approximate surface area is 113 Å². The number of hydrogen-bond acceptors (Lipinski definition) is 2. The molecule has 1 saturated carbocycles. The van der Waals surface area contributed by atoms with Crippen LogP contribution in [-0.4, -0.2) is 36.1 Å². The van der Waals surface area contributed by atoms with Crippen LogP contribution in [0.15, 0.2) is 12.2 Å². The smallest absolute Gasteiger partial charge is 0.0461 e. The summed E-state index contributed by atoms with van der Waals surface area (Å²) >= 11 is 0. The van der Waals surface area contributed by atoms with Crippen molar-refractivity contribution in [2.45, 2.75) is 70.4 Å². The zero-order valence-electron chi connectivity index (χ0n) is 12.3. The maximum Gasteiger partial charge on any atom is 0.0461 e. The predicted molar refractivity (Wildman–Crippen MR) is 78.9 cm³/mol. The van der Waals surface area contributed by atoms with E-state index in [0.717, 1.165) is 6.54 Å². The Kier molecular flexibility index (Phi) is 4.85. The second kappa shape index (κ2) is 6.21. The molecular weight excluding hydrogens is 220 g/mol. The van der Waals surface area contributed by atoms with Gasteiger partial charge in [0, 0.05) is 11.6 Å². The van der Waals surface area contributed by atoms with Crippen molar-refractivity contribution in [1.29, 1.82) is 0 Å². The van der Waals surface area contributed by atoms with Crippen molar-refractivity contribution < 1.29 is 0 Å². The van der Waals surface area contributed by atoms with E-state index < -0.39 is 0 Å². The molecule has 104 valence electrons. The van der Waals surface area contributed by atoms with Crippen LogP contribution in [-0.2, 0) is 0 Å². The first-order chi connectivity index (χ1) is 8.70. The molecule has 1 atom stereocenters. The zero-order valence-corrected chi connectivity index (χ0v) is 12.3. The van der Waals surface area contributed by atoms with E-state index in [1.165, 1.54) is 63.6 Å². The minimum atomic E-state index is 0.377. The second-order valence-electron chi connectivity index (χ2n) is 6.20. The van der Waals surface area contributed by atoms with Crippen molar-refractivity contribution in [2.24, 2.45) is 0 Å². The molecule has 2 fully saturated rings. The molecule has 0 radical (unpaired) electrons. The highest BCUT2D eigenvalue weighted by Gasteiger charge is 2.45. The third kappa shape index (κ3) is 2.65. The molecule has 18 heavy (non-hydrogen) atoms. The lowest BCUT2D eigenvalue weighted by atomic mass is 9.81. The van der Waals surface area contributed by atoms with Crippen LogP contribution in [0.5, 0.6) is 0 Å². The molecule has 2 aliphatic rings. The molecule has 1 aliphatic carbocycles. The van der Waals surface area contributed by atoms with Gasteiger partial charge in [0.2, 0.25) is 0 Å². The quantitative estimate of drug-likeness (QED) is 0.753. The van der Waals surface area contributed by atoms with Crippen molar-refractivity contribution >= 4 is 0 Å². The van der Waals surface area contributed by atoms with Crippen LogP contribution >= 0.6 is 0 Å². The average Bonchev–Trinajstić information content (AvgIpc) is 2.87. The molecule has 1 heterocycles. The average molecular weight is 250 g/mol. The Balaban J connectivity index is 2.20. The van der Waals surface area contributed by atoms with Crippen molar-refractivity contribution in [2.75, 3.05) is 19.6 Å². The normalized spacial score (nSPS) is 26.1. The first kappa shape index (κ1) is 14.1. The second-order valence-corrected chi connectivity index (χ2v) is 6.20. The molecule has 2 heteroatoms. The van der Waals surface area contributed by atoms with Crippen LogP contribution in [0.25, 0.3) is 0 Å². The van der Waals surface area contributed by atoms with Gasteiger partial charge in [-0.25, -0.2) is 0 Å². The zero-order chi connectivity index (χ0) is 13.0.